The lowest BCUT2D eigenvalue weighted by atomic mass is 10.1. The van der Waals surface area contributed by atoms with E-state index in [4.69, 9.17) is 9.63 Å². The van der Waals surface area contributed by atoms with Gasteiger partial charge in [-0.05, 0) is 18.6 Å². The molecule has 1 unspecified atom stereocenters. The Kier molecular flexibility index (Phi) is 3.42. The van der Waals surface area contributed by atoms with Gasteiger partial charge in [-0.3, -0.25) is 4.79 Å². The molecule has 1 aliphatic heterocycles. The second-order valence-electron chi connectivity index (χ2n) is 5.06. The van der Waals surface area contributed by atoms with E-state index in [-0.39, 0.29) is 18.8 Å². The smallest absolute Gasteiger partial charge is 0.307 e. The van der Waals surface area contributed by atoms with Gasteiger partial charge in [0, 0.05) is 18.5 Å². The van der Waals surface area contributed by atoms with Crippen LogP contribution in [0, 0.1) is 5.92 Å². The number of carboxylic acids is 1. The van der Waals surface area contributed by atoms with Gasteiger partial charge in [-0.2, -0.15) is 0 Å². The van der Waals surface area contributed by atoms with Crippen LogP contribution in [-0.2, 0) is 20.6 Å². The first-order valence-electron chi connectivity index (χ1n) is 6.51. The predicted molar refractivity (Wildman–Crippen MR) is 73.9 cm³/mol. The van der Waals surface area contributed by atoms with Crippen LogP contribution in [0.2, 0.25) is 0 Å². The summed E-state index contributed by atoms with van der Waals surface area (Å²) in [5.41, 5.74) is 0.886. The normalized spacial score (nSPS) is 20.1. The zero-order valence-corrected chi connectivity index (χ0v) is 11.9. The van der Waals surface area contributed by atoms with Crippen molar-refractivity contribution in [3.63, 3.8) is 0 Å². The Balaban J connectivity index is 1.82. The van der Waals surface area contributed by atoms with Gasteiger partial charge in [0.2, 0.25) is 10.0 Å². The summed E-state index contributed by atoms with van der Waals surface area (Å²) in [4.78, 5) is 10.9. The minimum absolute atomic E-state index is 0.0213. The first kappa shape index (κ1) is 14.0. The number of carbonyl (C=O) groups is 1. The van der Waals surface area contributed by atoms with Crippen LogP contribution in [-0.4, -0.2) is 42.0 Å². The van der Waals surface area contributed by atoms with Gasteiger partial charge in [0.1, 0.15) is 11.4 Å². The zero-order chi connectivity index (χ0) is 15.0. The number of sulfonamides is 1. The van der Waals surface area contributed by atoms with Gasteiger partial charge in [-0.25, -0.2) is 12.7 Å². The van der Waals surface area contributed by atoms with Crippen LogP contribution < -0.4 is 0 Å². The molecule has 8 heteroatoms. The number of carboxylic acid groups (broad SMARTS) is 1. The van der Waals surface area contributed by atoms with Crippen LogP contribution in [0.25, 0.3) is 11.0 Å². The molecule has 1 saturated heterocycles. The van der Waals surface area contributed by atoms with Crippen molar-refractivity contribution in [2.24, 2.45) is 5.92 Å². The maximum Gasteiger partial charge on any atom is 0.307 e. The molecule has 2 heterocycles. The molecule has 0 radical (unpaired) electrons. The number of hydrogen-bond acceptors (Lipinski definition) is 5. The summed E-state index contributed by atoms with van der Waals surface area (Å²) < 4.78 is 31.0. The maximum absolute atomic E-state index is 12.4. The van der Waals surface area contributed by atoms with Crippen LogP contribution in [0.4, 0.5) is 0 Å². The molecule has 1 aromatic heterocycles. The number of benzene rings is 1. The fraction of sp³-hybridized carbons (Fsp3) is 0.385. The van der Waals surface area contributed by atoms with E-state index in [0.29, 0.717) is 23.1 Å². The average molecular weight is 310 g/mol. The van der Waals surface area contributed by atoms with Gasteiger partial charge in [0.25, 0.3) is 0 Å². The fourth-order valence-corrected chi connectivity index (χ4v) is 4.02. The number of hydrogen-bond donors (Lipinski definition) is 1. The van der Waals surface area contributed by atoms with E-state index >= 15 is 0 Å². The molecule has 0 aliphatic carbocycles. The van der Waals surface area contributed by atoms with Gasteiger partial charge >= 0.3 is 5.97 Å². The minimum Gasteiger partial charge on any atom is -0.481 e. The fourth-order valence-electron chi connectivity index (χ4n) is 2.49. The standard InChI is InChI=1S/C13H14N2O5S/c16-13(17)9-5-6-15(7-9)21(18,19)8-11-10-3-1-2-4-12(10)20-14-11/h1-4,9H,5-8H2,(H,16,17). The third-order valence-electron chi connectivity index (χ3n) is 3.66. The summed E-state index contributed by atoms with van der Waals surface area (Å²) in [5.74, 6) is -1.87. The Morgan fingerprint density at radius 2 is 2.19 bits per heavy atom. The SMILES string of the molecule is O=C(O)C1CCN(S(=O)(=O)Cc2noc3ccccc23)C1. The summed E-state index contributed by atoms with van der Waals surface area (Å²) in [6.45, 7) is 0.253. The second-order valence-corrected chi connectivity index (χ2v) is 7.03. The number of fused-ring (bicyclic) bond motifs is 1. The molecule has 112 valence electrons. The molecule has 0 spiro atoms. The molecule has 1 N–H and O–H groups in total. The van der Waals surface area contributed by atoms with Crippen molar-refractivity contribution in [1.82, 2.24) is 9.46 Å². The van der Waals surface area contributed by atoms with Gasteiger partial charge in [-0.1, -0.05) is 17.3 Å². The molecular formula is C13H14N2O5S. The number of rotatable bonds is 4. The number of aromatic nitrogens is 1. The van der Waals surface area contributed by atoms with Gasteiger partial charge < -0.3 is 9.63 Å². The predicted octanol–water partition coefficient (Wildman–Crippen LogP) is 1.06. The summed E-state index contributed by atoms with van der Waals surface area (Å²) in [5, 5.41) is 13.4. The topological polar surface area (TPSA) is 101 Å². The maximum atomic E-state index is 12.4. The molecular weight excluding hydrogens is 296 g/mol. The second kappa shape index (κ2) is 5.12. The van der Waals surface area contributed by atoms with E-state index in [1.54, 1.807) is 24.3 Å². The molecule has 0 amide bonds. The van der Waals surface area contributed by atoms with Crippen LogP contribution in [0.5, 0.6) is 0 Å². The molecule has 0 saturated carbocycles. The number of nitrogens with zero attached hydrogens (tertiary/aromatic N) is 2. The van der Waals surface area contributed by atoms with Crippen LogP contribution in [0.3, 0.4) is 0 Å². The Bertz CT molecular complexity index is 783. The molecule has 7 nitrogen and oxygen atoms in total. The Morgan fingerprint density at radius 3 is 2.90 bits per heavy atom. The lowest BCUT2D eigenvalue weighted by molar-refractivity contribution is -0.141. The monoisotopic (exact) mass is 310 g/mol. The van der Waals surface area contributed by atoms with E-state index in [9.17, 15) is 13.2 Å². The molecule has 0 bridgehead atoms. The quantitative estimate of drug-likeness (QED) is 0.906. The highest BCUT2D eigenvalue weighted by atomic mass is 32.2. The summed E-state index contributed by atoms with van der Waals surface area (Å²) in [6, 6.07) is 7.03. The lowest BCUT2D eigenvalue weighted by Gasteiger charge is -2.14. The molecule has 1 aliphatic rings. The first-order valence-corrected chi connectivity index (χ1v) is 8.12. The molecule has 1 atom stereocenters. The highest BCUT2D eigenvalue weighted by Crippen LogP contribution is 2.24. The summed E-state index contributed by atoms with van der Waals surface area (Å²) in [7, 11) is -3.59. The highest BCUT2D eigenvalue weighted by Gasteiger charge is 2.35. The van der Waals surface area contributed by atoms with E-state index in [2.05, 4.69) is 5.16 Å². The lowest BCUT2D eigenvalue weighted by Crippen LogP contribution is -2.31. The Labute approximate surface area is 121 Å². The van der Waals surface area contributed by atoms with Gasteiger partial charge in [0.05, 0.1) is 5.92 Å². The zero-order valence-electron chi connectivity index (χ0n) is 11.1. The molecule has 2 aromatic rings. The van der Waals surface area contributed by atoms with Crippen molar-refractivity contribution in [3.8, 4) is 0 Å². The van der Waals surface area contributed by atoms with E-state index in [1.165, 1.54) is 4.31 Å². The van der Waals surface area contributed by atoms with E-state index in [0.717, 1.165) is 0 Å². The van der Waals surface area contributed by atoms with Crippen molar-refractivity contribution in [3.05, 3.63) is 30.0 Å². The molecule has 3 rings (SSSR count). The molecule has 21 heavy (non-hydrogen) atoms. The number of aliphatic carboxylic acids is 1. The van der Waals surface area contributed by atoms with Crippen molar-refractivity contribution in [1.29, 1.82) is 0 Å². The third kappa shape index (κ3) is 2.64. The summed E-state index contributed by atoms with van der Waals surface area (Å²) in [6.07, 6.45) is 0.341. The largest absolute Gasteiger partial charge is 0.481 e. The molecule has 1 aromatic carbocycles. The van der Waals surface area contributed by atoms with Gasteiger partial charge in [0.15, 0.2) is 5.58 Å². The highest BCUT2D eigenvalue weighted by molar-refractivity contribution is 7.88. The van der Waals surface area contributed by atoms with Crippen molar-refractivity contribution < 1.29 is 22.8 Å². The molecule has 1 fully saturated rings. The minimum atomic E-state index is -3.59. The van der Waals surface area contributed by atoms with Crippen molar-refractivity contribution in [2.75, 3.05) is 13.1 Å². The Morgan fingerprint density at radius 1 is 1.43 bits per heavy atom. The van der Waals surface area contributed by atoms with Crippen LogP contribution in [0.1, 0.15) is 12.1 Å². The number of para-hydroxylation sites is 1. The third-order valence-corrected chi connectivity index (χ3v) is 5.42. The Hall–Kier alpha value is -1.93. The average Bonchev–Trinajstić information content (AvgIpc) is 3.06. The van der Waals surface area contributed by atoms with E-state index < -0.39 is 21.9 Å². The summed E-state index contributed by atoms with van der Waals surface area (Å²) >= 11 is 0. The van der Waals surface area contributed by atoms with Crippen molar-refractivity contribution >= 4 is 27.0 Å². The van der Waals surface area contributed by atoms with Gasteiger partial charge in [-0.15, -0.1) is 0 Å². The van der Waals surface area contributed by atoms with E-state index in [1.807, 2.05) is 0 Å². The van der Waals surface area contributed by atoms with Crippen LogP contribution >= 0.6 is 0 Å². The first-order chi connectivity index (χ1) is 9.97. The van der Waals surface area contributed by atoms with Crippen molar-refractivity contribution in [2.45, 2.75) is 12.2 Å². The van der Waals surface area contributed by atoms with Crippen LogP contribution in [0.15, 0.2) is 28.8 Å².